The van der Waals surface area contributed by atoms with Crippen molar-refractivity contribution in [3.05, 3.63) is 102 Å². The number of carbonyl (C=O) groups excluding carboxylic acids is 1. The summed E-state index contributed by atoms with van der Waals surface area (Å²) in [6.07, 6.45) is -0.946. The zero-order valence-corrected chi connectivity index (χ0v) is 23.0. The molecule has 0 aliphatic carbocycles. The van der Waals surface area contributed by atoms with Crippen molar-refractivity contribution in [1.82, 2.24) is 4.90 Å². The number of methoxy groups -OCH3 is 1. The number of carbonyl (C=O) groups is 1. The Labute approximate surface area is 239 Å². The first-order valence-electron chi connectivity index (χ1n) is 13.7. The Morgan fingerprint density at radius 1 is 0.951 bits per heavy atom. The van der Waals surface area contributed by atoms with Crippen LogP contribution in [0.25, 0.3) is 10.8 Å². The van der Waals surface area contributed by atoms with Gasteiger partial charge in [0.25, 0.3) is 0 Å². The van der Waals surface area contributed by atoms with Crippen molar-refractivity contribution in [2.45, 2.75) is 31.7 Å². The molecule has 2 atom stereocenters. The molecule has 0 spiro atoms. The van der Waals surface area contributed by atoms with Crippen molar-refractivity contribution in [2.75, 3.05) is 33.4 Å². The molecule has 0 saturated carbocycles. The average Bonchev–Trinajstić information content (AvgIpc) is 3.01. The van der Waals surface area contributed by atoms with E-state index in [1.165, 1.54) is 4.90 Å². The van der Waals surface area contributed by atoms with Crippen molar-refractivity contribution in [2.24, 2.45) is 0 Å². The number of aliphatic hydroxyl groups is 1. The lowest BCUT2D eigenvalue weighted by Gasteiger charge is -2.40. The first-order chi connectivity index (χ1) is 20.1. The highest BCUT2D eigenvalue weighted by Crippen LogP contribution is 2.34. The molecule has 0 bridgehead atoms. The topological polar surface area (TPSA) is 101 Å². The van der Waals surface area contributed by atoms with E-state index in [4.69, 9.17) is 24.1 Å². The third-order valence-corrected chi connectivity index (χ3v) is 7.41. The van der Waals surface area contributed by atoms with Crippen LogP contribution in [0.5, 0.6) is 17.2 Å². The number of ether oxygens (including phenoxy) is 4. The summed E-state index contributed by atoms with van der Waals surface area (Å²) in [5.41, 5.74) is 2.92. The van der Waals surface area contributed by atoms with E-state index in [1.54, 1.807) is 7.11 Å². The molecule has 2 unspecified atom stereocenters. The molecule has 214 valence electrons. The fraction of sp³-hybridized carbons (Fsp3) is 0.303. The van der Waals surface area contributed by atoms with Crippen LogP contribution in [0.15, 0.2) is 84.9 Å². The van der Waals surface area contributed by atoms with Crippen LogP contribution >= 0.6 is 0 Å². The van der Waals surface area contributed by atoms with Crippen molar-refractivity contribution in [1.29, 1.82) is 0 Å². The SMILES string of the molecule is COc1ccccc1COc1cc(COC2CN(C(=O)[O-])CCC2c2ccc(OCCO)cc2)cc2ccccc12. The summed E-state index contributed by atoms with van der Waals surface area (Å²) in [6, 6.07) is 27.5. The quantitative estimate of drug-likeness (QED) is 0.290. The lowest BCUT2D eigenvalue weighted by Crippen LogP contribution is -2.51. The number of para-hydroxylation sites is 1. The van der Waals surface area contributed by atoms with Crippen molar-refractivity contribution in [3.8, 4) is 17.2 Å². The summed E-state index contributed by atoms with van der Waals surface area (Å²) in [5, 5.41) is 22.7. The minimum Gasteiger partial charge on any atom is -0.530 e. The molecule has 1 saturated heterocycles. The van der Waals surface area contributed by atoms with Crippen LogP contribution in [0.3, 0.4) is 0 Å². The molecule has 41 heavy (non-hydrogen) atoms. The second kappa shape index (κ2) is 13.4. The first-order valence-corrected chi connectivity index (χ1v) is 13.7. The van der Waals surface area contributed by atoms with Gasteiger partial charge in [-0.15, -0.1) is 0 Å². The molecule has 0 aromatic heterocycles. The number of aliphatic hydroxyl groups excluding tert-OH is 1. The van der Waals surface area contributed by atoms with Gasteiger partial charge in [-0.3, -0.25) is 0 Å². The van der Waals surface area contributed by atoms with Gasteiger partial charge in [0.05, 0.1) is 26.4 Å². The first kappa shape index (κ1) is 28.3. The number of piperidine rings is 1. The highest BCUT2D eigenvalue weighted by molar-refractivity contribution is 5.89. The maximum atomic E-state index is 11.7. The van der Waals surface area contributed by atoms with Gasteiger partial charge in [0, 0.05) is 30.0 Å². The maximum Gasteiger partial charge on any atom is 0.137 e. The van der Waals surface area contributed by atoms with Crippen LogP contribution in [-0.2, 0) is 18.0 Å². The smallest absolute Gasteiger partial charge is 0.137 e. The van der Waals surface area contributed by atoms with Gasteiger partial charge in [-0.25, -0.2) is 0 Å². The predicted molar refractivity (Wildman–Crippen MR) is 153 cm³/mol. The van der Waals surface area contributed by atoms with Crippen LogP contribution < -0.4 is 19.3 Å². The van der Waals surface area contributed by atoms with Gasteiger partial charge >= 0.3 is 0 Å². The number of benzene rings is 4. The minimum atomic E-state index is -1.19. The molecule has 4 aromatic carbocycles. The zero-order valence-electron chi connectivity index (χ0n) is 23.0. The van der Waals surface area contributed by atoms with E-state index in [2.05, 4.69) is 6.07 Å². The molecular formula is C33H34NO7-. The number of amides is 1. The molecule has 0 radical (unpaired) electrons. The van der Waals surface area contributed by atoms with Gasteiger partial charge in [-0.2, -0.15) is 0 Å². The Hall–Kier alpha value is -4.27. The van der Waals surface area contributed by atoms with Gasteiger partial charge in [-0.1, -0.05) is 54.6 Å². The predicted octanol–water partition coefficient (Wildman–Crippen LogP) is 4.52. The fourth-order valence-corrected chi connectivity index (χ4v) is 5.33. The molecule has 1 N–H and O–H groups in total. The molecule has 8 heteroatoms. The molecule has 1 amide bonds. The molecule has 5 rings (SSSR count). The van der Waals surface area contributed by atoms with Crippen molar-refractivity contribution < 1.29 is 34.0 Å². The number of nitrogens with zero attached hydrogens (tertiary/aromatic N) is 1. The molecule has 1 heterocycles. The molecule has 1 aliphatic heterocycles. The Morgan fingerprint density at radius 2 is 1.73 bits per heavy atom. The van der Waals surface area contributed by atoms with Crippen LogP contribution in [-0.4, -0.2) is 55.6 Å². The lowest BCUT2D eigenvalue weighted by molar-refractivity contribution is -0.268. The highest BCUT2D eigenvalue weighted by Gasteiger charge is 2.31. The third kappa shape index (κ3) is 6.90. The van der Waals surface area contributed by atoms with E-state index in [9.17, 15) is 9.90 Å². The van der Waals surface area contributed by atoms with Crippen LogP contribution in [0.4, 0.5) is 4.79 Å². The lowest BCUT2D eigenvalue weighted by atomic mass is 9.87. The number of hydrogen-bond acceptors (Lipinski definition) is 7. The van der Waals surface area contributed by atoms with Crippen molar-refractivity contribution >= 4 is 16.9 Å². The van der Waals surface area contributed by atoms with Crippen LogP contribution in [0.1, 0.15) is 29.0 Å². The Kier molecular flexibility index (Phi) is 9.23. The largest absolute Gasteiger partial charge is 0.530 e. The normalized spacial score (nSPS) is 16.9. The second-order valence-corrected chi connectivity index (χ2v) is 10.0. The summed E-state index contributed by atoms with van der Waals surface area (Å²) in [5.74, 6) is 2.18. The van der Waals surface area contributed by atoms with E-state index in [1.807, 2.05) is 78.9 Å². The average molecular weight is 557 g/mol. The summed E-state index contributed by atoms with van der Waals surface area (Å²) in [7, 11) is 1.64. The van der Waals surface area contributed by atoms with Gasteiger partial charge in [0.1, 0.15) is 36.6 Å². The fourth-order valence-electron chi connectivity index (χ4n) is 5.33. The maximum absolute atomic E-state index is 11.7. The molecule has 1 aliphatic rings. The number of rotatable bonds is 11. The number of fused-ring (bicyclic) bond motifs is 1. The number of hydrogen-bond donors (Lipinski definition) is 1. The zero-order chi connectivity index (χ0) is 28.6. The Bertz CT molecular complexity index is 1460. The molecule has 8 nitrogen and oxygen atoms in total. The highest BCUT2D eigenvalue weighted by atomic mass is 16.5. The summed E-state index contributed by atoms with van der Waals surface area (Å²) >= 11 is 0. The minimum absolute atomic E-state index is 0.000728. The van der Waals surface area contributed by atoms with Crippen LogP contribution in [0.2, 0.25) is 0 Å². The Morgan fingerprint density at radius 3 is 2.51 bits per heavy atom. The van der Waals surface area contributed by atoms with E-state index in [-0.39, 0.29) is 38.4 Å². The Balaban J connectivity index is 1.35. The monoisotopic (exact) mass is 556 g/mol. The van der Waals surface area contributed by atoms with Crippen molar-refractivity contribution in [3.63, 3.8) is 0 Å². The summed E-state index contributed by atoms with van der Waals surface area (Å²) in [6.45, 7) is 1.41. The number of carboxylic acid groups (broad SMARTS) is 1. The summed E-state index contributed by atoms with van der Waals surface area (Å²) < 4.78 is 23.7. The van der Waals surface area contributed by atoms with Crippen LogP contribution in [0, 0.1) is 0 Å². The standard InChI is InChI=1S/C33H35NO7/c1-38-30-9-5-3-7-26(30)22-41-31-19-23(18-25-6-2-4-8-28(25)31)21-40-32-20-34(33(36)37)15-14-29(32)24-10-12-27(13-11-24)39-17-16-35/h2-13,18-19,29,32,35H,14-17,20-22H2,1H3,(H,36,37)/p-1. The van der Waals surface area contributed by atoms with E-state index in [0.717, 1.165) is 39.0 Å². The van der Waals surface area contributed by atoms with Gasteiger partial charge in [-0.05, 0) is 53.3 Å². The summed E-state index contributed by atoms with van der Waals surface area (Å²) in [4.78, 5) is 13.0. The van der Waals surface area contributed by atoms with E-state index < -0.39 is 6.09 Å². The second-order valence-electron chi connectivity index (χ2n) is 10.0. The molecule has 1 fully saturated rings. The van der Waals surface area contributed by atoms with Gasteiger partial charge in [0.2, 0.25) is 0 Å². The van der Waals surface area contributed by atoms with E-state index in [0.29, 0.717) is 25.3 Å². The third-order valence-electron chi connectivity index (χ3n) is 7.41. The van der Waals surface area contributed by atoms with E-state index >= 15 is 0 Å². The van der Waals surface area contributed by atoms with Gasteiger partial charge in [0.15, 0.2) is 0 Å². The number of likely N-dealkylation sites (tertiary alicyclic amines) is 1. The van der Waals surface area contributed by atoms with Gasteiger partial charge < -0.3 is 38.9 Å². The molecular weight excluding hydrogens is 522 g/mol. The molecule has 4 aromatic rings.